The SMILES string of the molecule is Cc1cc(Oc2ncccc2C#N)ccc1NC(=O)c1ccccc1CSc1nc2ccccc2[nH]1. The molecular formula is C28H21N5O2S. The van der Waals surface area contributed by atoms with Gasteiger partial charge in [-0.1, -0.05) is 42.1 Å². The Hall–Kier alpha value is -4.61. The summed E-state index contributed by atoms with van der Waals surface area (Å²) in [6.45, 7) is 1.88. The highest BCUT2D eigenvalue weighted by Gasteiger charge is 2.14. The number of amides is 1. The highest BCUT2D eigenvalue weighted by molar-refractivity contribution is 7.98. The third-order valence-electron chi connectivity index (χ3n) is 5.55. The zero-order chi connectivity index (χ0) is 24.9. The smallest absolute Gasteiger partial charge is 0.255 e. The number of hydrogen-bond acceptors (Lipinski definition) is 6. The number of thioether (sulfide) groups is 1. The molecule has 0 fully saturated rings. The molecule has 0 saturated heterocycles. The maximum atomic E-state index is 13.2. The highest BCUT2D eigenvalue weighted by Crippen LogP contribution is 2.28. The van der Waals surface area contributed by atoms with Crippen LogP contribution in [0.2, 0.25) is 0 Å². The maximum absolute atomic E-state index is 13.2. The number of aromatic nitrogens is 3. The molecule has 0 radical (unpaired) electrons. The molecular weight excluding hydrogens is 470 g/mol. The van der Waals surface area contributed by atoms with Gasteiger partial charge in [-0.05, 0) is 66.6 Å². The van der Waals surface area contributed by atoms with Crippen LogP contribution in [-0.4, -0.2) is 20.9 Å². The molecule has 8 heteroatoms. The van der Waals surface area contributed by atoms with E-state index in [0.717, 1.165) is 27.3 Å². The van der Waals surface area contributed by atoms with Crippen molar-refractivity contribution in [1.29, 1.82) is 5.26 Å². The molecule has 0 bridgehead atoms. The van der Waals surface area contributed by atoms with E-state index in [9.17, 15) is 10.1 Å². The van der Waals surface area contributed by atoms with Crippen molar-refractivity contribution in [2.75, 3.05) is 5.32 Å². The molecule has 0 atom stereocenters. The summed E-state index contributed by atoms with van der Waals surface area (Å²) in [6.07, 6.45) is 1.57. The van der Waals surface area contributed by atoms with Crippen LogP contribution in [-0.2, 0) is 5.75 Å². The number of imidazole rings is 1. The first-order chi connectivity index (χ1) is 17.6. The molecule has 36 heavy (non-hydrogen) atoms. The van der Waals surface area contributed by atoms with E-state index in [2.05, 4.69) is 26.3 Å². The number of aromatic amines is 1. The minimum absolute atomic E-state index is 0.191. The van der Waals surface area contributed by atoms with Crippen molar-refractivity contribution in [2.24, 2.45) is 0 Å². The second kappa shape index (κ2) is 10.3. The first-order valence-corrected chi connectivity index (χ1v) is 12.2. The van der Waals surface area contributed by atoms with Crippen LogP contribution < -0.4 is 10.1 Å². The molecule has 176 valence electrons. The fraction of sp³-hybridized carbons (Fsp3) is 0.0714. The lowest BCUT2D eigenvalue weighted by Crippen LogP contribution is -2.14. The van der Waals surface area contributed by atoms with Gasteiger partial charge in [0, 0.05) is 23.2 Å². The molecule has 7 nitrogen and oxygen atoms in total. The number of carbonyl (C=O) groups is 1. The number of H-pyrrole nitrogens is 1. The van der Waals surface area contributed by atoms with Gasteiger partial charge in [-0.25, -0.2) is 9.97 Å². The quantitative estimate of drug-likeness (QED) is 0.253. The molecule has 0 spiro atoms. The maximum Gasteiger partial charge on any atom is 0.255 e. The van der Waals surface area contributed by atoms with E-state index in [1.807, 2.05) is 55.5 Å². The molecule has 0 aliphatic rings. The first kappa shape index (κ1) is 23.1. The van der Waals surface area contributed by atoms with E-state index < -0.39 is 0 Å². The predicted molar refractivity (Wildman–Crippen MR) is 140 cm³/mol. The number of para-hydroxylation sites is 2. The number of nitrogens with zero attached hydrogens (tertiary/aromatic N) is 3. The molecule has 3 aromatic carbocycles. The van der Waals surface area contributed by atoms with Gasteiger partial charge in [0.1, 0.15) is 17.4 Å². The van der Waals surface area contributed by atoms with Crippen LogP contribution in [0.4, 0.5) is 5.69 Å². The summed E-state index contributed by atoms with van der Waals surface area (Å²) in [7, 11) is 0. The van der Waals surface area contributed by atoms with Gasteiger partial charge in [-0.3, -0.25) is 4.79 Å². The van der Waals surface area contributed by atoms with Crippen LogP contribution in [0.25, 0.3) is 11.0 Å². The van der Waals surface area contributed by atoms with E-state index in [4.69, 9.17) is 4.74 Å². The highest BCUT2D eigenvalue weighted by atomic mass is 32.2. The van der Waals surface area contributed by atoms with Crippen LogP contribution >= 0.6 is 11.8 Å². The minimum Gasteiger partial charge on any atom is -0.438 e. The third kappa shape index (κ3) is 5.06. The Morgan fingerprint density at radius 1 is 1.08 bits per heavy atom. The number of carbonyl (C=O) groups excluding carboxylic acids is 1. The van der Waals surface area contributed by atoms with Gasteiger partial charge in [-0.15, -0.1) is 0 Å². The van der Waals surface area contributed by atoms with Gasteiger partial charge < -0.3 is 15.0 Å². The van der Waals surface area contributed by atoms with E-state index in [1.54, 1.807) is 48.3 Å². The van der Waals surface area contributed by atoms with E-state index in [1.165, 1.54) is 0 Å². The van der Waals surface area contributed by atoms with Gasteiger partial charge in [0.05, 0.1) is 11.0 Å². The lowest BCUT2D eigenvalue weighted by Gasteiger charge is -2.13. The van der Waals surface area contributed by atoms with E-state index in [0.29, 0.717) is 28.3 Å². The molecule has 1 amide bonds. The number of rotatable bonds is 7. The standard InChI is InChI=1S/C28H21N5O2S/c1-18-15-21(35-27-19(16-29)8-6-14-30-27)12-13-23(18)31-26(34)22-9-3-2-7-20(22)17-36-28-32-24-10-4-5-11-25(24)33-28/h2-15H,17H2,1H3,(H,31,34)(H,32,33). The largest absolute Gasteiger partial charge is 0.438 e. The Labute approximate surface area is 212 Å². The van der Waals surface area contributed by atoms with E-state index in [-0.39, 0.29) is 11.8 Å². The fourth-order valence-corrected chi connectivity index (χ4v) is 4.60. The summed E-state index contributed by atoms with van der Waals surface area (Å²) >= 11 is 1.55. The van der Waals surface area contributed by atoms with Crippen molar-refractivity contribution in [3.63, 3.8) is 0 Å². The Balaban J connectivity index is 1.29. The van der Waals surface area contributed by atoms with Crippen LogP contribution in [0.15, 0.2) is 90.2 Å². The number of nitriles is 1. The van der Waals surface area contributed by atoms with Crippen LogP contribution in [0.5, 0.6) is 11.6 Å². The second-order valence-electron chi connectivity index (χ2n) is 8.01. The zero-order valence-electron chi connectivity index (χ0n) is 19.4. The summed E-state index contributed by atoms with van der Waals surface area (Å²) < 4.78 is 5.78. The molecule has 2 N–H and O–H groups in total. The monoisotopic (exact) mass is 491 g/mol. The van der Waals surface area contributed by atoms with Crippen molar-refractivity contribution < 1.29 is 9.53 Å². The predicted octanol–water partition coefficient (Wildman–Crippen LogP) is 6.47. The van der Waals surface area contributed by atoms with Crippen LogP contribution in [0, 0.1) is 18.3 Å². The molecule has 5 rings (SSSR count). The normalized spacial score (nSPS) is 10.7. The Morgan fingerprint density at radius 3 is 2.75 bits per heavy atom. The minimum atomic E-state index is -0.191. The van der Waals surface area contributed by atoms with Crippen molar-refractivity contribution >= 4 is 34.4 Å². The van der Waals surface area contributed by atoms with Gasteiger partial charge in [-0.2, -0.15) is 5.26 Å². The summed E-state index contributed by atoms with van der Waals surface area (Å²) in [5, 5.41) is 13.1. The van der Waals surface area contributed by atoms with Crippen molar-refractivity contribution in [3.8, 4) is 17.7 Å². The summed E-state index contributed by atoms with van der Waals surface area (Å²) in [5.41, 5.74) is 5.27. The lowest BCUT2D eigenvalue weighted by molar-refractivity contribution is 0.102. The Bertz CT molecular complexity index is 1570. The van der Waals surface area contributed by atoms with Crippen molar-refractivity contribution in [1.82, 2.24) is 15.0 Å². The molecule has 0 aliphatic carbocycles. The second-order valence-corrected chi connectivity index (χ2v) is 8.97. The van der Waals surface area contributed by atoms with Crippen LogP contribution in [0.3, 0.4) is 0 Å². The van der Waals surface area contributed by atoms with Gasteiger partial charge in [0.2, 0.25) is 5.88 Å². The lowest BCUT2D eigenvalue weighted by atomic mass is 10.1. The fourth-order valence-electron chi connectivity index (χ4n) is 3.71. The summed E-state index contributed by atoms with van der Waals surface area (Å²) in [4.78, 5) is 25.2. The Kier molecular flexibility index (Phi) is 6.65. The average molecular weight is 492 g/mol. The molecule has 2 aromatic heterocycles. The van der Waals surface area contributed by atoms with E-state index >= 15 is 0 Å². The summed E-state index contributed by atoms with van der Waals surface area (Å²) in [6, 6.07) is 26.2. The third-order valence-corrected chi connectivity index (χ3v) is 6.47. The number of anilines is 1. The van der Waals surface area contributed by atoms with Gasteiger partial charge in [0.25, 0.3) is 5.91 Å². The Morgan fingerprint density at radius 2 is 1.92 bits per heavy atom. The van der Waals surface area contributed by atoms with Crippen molar-refractivity contribution in [3.05, 3.63) is 107 Å². The zero-order valence-corrected chi connectivity index (χ0v) is 20.2. The number of nitrogens with one attached hydrogen (secondary N) is 2. The molecule has 0 unspecified atom stereocenters. The van der Waals surface area contributed by atoms with Crippen molar-refractivity contribution in [2.45, 2.75) is 17.8 Å². The number of benzene rings is 3. The number of fused-ring (bicyclic) bond motifs is 1. The average Bonchev–Trinajstić information content (AvgIpc) is 3.32. The topological polar surface area (TPSA) is 104 Å². The number of aryl methyl sites for hydroxylation is 1. The number of hydrogen-bond donors (Lipinski definition) is 2. The first-order valence-electron chi connectivity index (χ1n) is 11.2. The molecule has 2 heterocycles. The molecule has 0 saturated carbocycles. The van der Waals surface area contributed by atoms with Gasteiger partial charge in [0.15, 0.2) is 5.16 Å². The van der Waals surface area contributed by atoms with Gasteiger partial charge >= 0.3 is 0 Å². The molecule has 5 aromatic rings. The number of pyridine rings is 1. The number of ether oxygens (including phenoxy) is 1. The summed E-state index contributed by atoms with van der Waals surface area (Å²) in [5.74, 6) is 1.18. The van der Waals surface area contributed by atoms with Crippen LogP contribution in [0.1, 0.15) is 27.0 Å². The molecule has 0 aliphatic heterocycles.